The number of halogens is 1. The number of hydrogen-bond donors (Lipinski definition) is 1. The van der Waals surface area contributed by atoms with Crippen LogP contribution >= 0.6 is 11.3 Å². The molecule has 1 aliphatic heterocycles. The Bertz CT molecular complexity index is 801. The highest BCUT2D eigenvalue weighted by atomic mass is 32.1. The molecule has 3 rings (SSSR count). The van der Waals surface area contributed by atoms with Gasteiger partial charge in [0.25, 0.3) is 5.91 Å². The number of fused-ring (bicyclic) bond motifs is 1. The van der Waals surface area contributed by atoms with Crippen molar-refractivity contribution in [1.29, 1.82) is 0 Å². The predicted molar refractivity (Wildman–Crippen MR) is 94.7 cm³/mol. The van der Waals surface area contributed by atoms with E-state index in [-0.39, 0.29) is 5.91 Å². The van der Waals surface area contributed by atoms with Crippen molar-refractivity contribution in [3.05, 3.63) is 51.7 Å². The zero-order valence-electron chi connectivity index (χ0n) is 14.1. The lowest BCUT2D eigenvalue weighted by Crippen LogP contribution is -2.29. The van der Waals surface area contributed by atoms with E-state index in [2.05, 4.69) is 17.1 Å². The van der Waals surface area contributed by atoms with E-state index in [1.54, 1.807) is 0 Å². The Hall–Kier alpha value is -2.25. The molecular formula is C18H19FN2O3S. The van der Waals surface area contributed by atoms with Crippen LogP contribution in [-0.4, -0.2) is 37.0 Å². The quantitative estimate of drug-likeness (QED) is 0.848. The van der Waals surface area contributed by atoms with Gasteiger partial charge in [0, 0.05) is 23.5 Å². The van der Waals surface area contributed by atoms with Crippen molar-refractivity contribution >= 4 is 28.2 Å². The van der Waals surface area contributed by atoms with Gasteiger partial charge in [-0.15, -0.1) is 11.3 Å². The van der Waals surface area contributed by atoms with Crippen LogP contribution in [0.1, 0.15) is 38.1 Å². The van der Waals surface area contributed by atoms with Gasteiger partial charge in [0.1, 0.15) is 10.8 Å². The Morgan fingerprint density at radius 1 is 1.32 bits per heavy atom. The topological polar surface area (TPSA) is 58.6 Å². The molecule has 132 valence electrons. The van der Waals surface area contributed by atoms with Gasteiger partial charge < -0.3 is 10.1 Å². The van der Waals surface area contributed by atoms with E-state index in [0.717, 1.165) is 36.5 Å². The largest absolute Gasteiger partial charge is 0.465 e. The molecule has 0 radical (unpaired) electrons. The number of likely N-dealkylation sites (N-methyl/N-ethyl adjacent to an activating group) is 1. The first-order valence-corrected chi connectivity index (χ1v) is 8.87. The second-order valence-corrected chi connectivity index (χ2v) is 6.88. The van der Waals surface area contributed by atoms with Crippen molar-refractivity contribution in [3.63, 3.8) is 0 Å². The van der Waals surface area contributed by atoms with Crippen LogP contribution < -0.4 is 5.32 Å². The number of esters is 1. The van der Waals surface area contributed by atoms with Crippen LogP contribution in [0, 0.1) is 5.82 Å². The van der Waals surface area contributed by atoms with Gasteiger partial charge in [-0.25, -0.2) is 9.18 Å². The zero-order valence-corrected chi connectivity index (χ0v) is 14.9. The minimum absolute atomic E-state index is 0.332. The van der Waals surface area contributed by atoms with Gasteiger partial charge in [0.05, 0.1) is 12.7 Å². The highest BCUT2D eigenvalue weighted by Gasteiger charge is 2.29. The van der Waals surface area contributed by atoms with Gasteiger partial charge in [-0.05, 0) is 42.8 Å². The third kappa shape index (κ3) is 3.57. The summed E-state index contributed by atoms with van der Waals surface area (Å²) in [7, 11) is 1.33. The van der Waals surface area contributed by atoms with E-state index in [4.69, 9.17) is 4.74 Å². The second-order valence-electron chi connectivity index (χ2n) is 5.78. The van der Waals surface area contributed by atoms with Crippen LogP contribution in [0.4, 0.5) is 9.39 Å². The number of carbonyl (C=O) groups is 2. The first kappa shape index (κ1) is 17.6. The van der Waals surface area contributed by atoms with Crippen LogP contribution in [0.25, 0.3) is 0 Å². The molecule has 0 aliphatic carbocycles. The average Bonchev–Trinajstić information content (AvgIpc) is 2.98. The minimum Gasteiger partial charge on any atom is -0.465 e. The van der Waals surface area contributed by atoms with Gasteiger partial charge in [-0.2, -0.15) is 0 Å². The monoisotopic (exact) mass is 362 g/mol. The molecule has 5 nitrogen and oxygen atoms in total. The summed E-state index contributed by atoms with van der Waals surface area (Å²) in [6.07, 6.45) is 0.747. The van der Waals surface area contributed by atoms with Crippen LogP contribution in [0.5, 0.6) is 0 Å². The number of amides is 1. The molecule has 0 bridgehead atoms. The number of rotatable bonds is 4. The number of anilines is 1. The molecule has 0 unspecified atom stereocenters. The zero-order chi connectivity index (χ0) is 18.0. The number of ether oxygens (including phenoxy) is 1. The molecule has 1 aromatic heterocycles. The first-order chi connectivity index (χ1) is 12.0. The number of thiophene rings is 1. The standard InChI is InChI=1S/C18H19FN2O3S/c1-3-21-9-8-13-14(10-21)25-17(15(13)18(23)24-2)20-16(22)11-4-6-12(19)7-5-11/h4-7H,3,8-10H2,1-2H3,(H,20,22). The number of hydrogen-bond acceptors (Lipinski definition) is 5. The molecule has 7 heteroatoms. The summed E-state index contributed by atoms with van der Waals surface area (Å²) in [6, 6.07) is 5.28. The van der Waals surface area contributed by atoms with E-state index in [0.29, 0.717) is 16.1 Å². The summed E-state index contributed by atoms with van der Waals surface area (Å²) >= 11 is 1.40. The SMILES string of the molecule is CCN1CCc2c(sc(NC(=O)c3ccc(F)cc3)c2C(=O)OC)C1. The van der Waals surface area contributed by atoms with Gasteiger partial charge in [-0.1, -0.05) is 6.92 Å². The molecule has 1 aliphatic rings. The Kier molecular flexibility index (Phi) is 5.15. The number of methoxy groups -OCH3 is 1. The third-order valence-corrected chi connectivity index (χ3v) is 5.44. The van der Waals surface area contributed by atoms with Gasteiger partial charge in [0.15, 0.2) is 0 Å². The van der Waals surface area contributed by atoms with Crippen molar-refractivity contribution in [2.75, 3.05) is 25.5 Å². The second kappa shape index (κ2) is 7.33. The van der Waals surface area contributed by atoms with Crippen molar-refractivity contribution in [3.8, 4) is 0 Å². The number of carbonyl (C=O) groups excluding carboxylic acids is 2. The van der Waals surface area contributed by atoms with Crippen LogP contribution in [0.3, 0.4) is 0 Å². The molecule has 0 fully saturated rings. The Morgan fingerprint density at radius 3 is 2.68 bits per heavy atom. The van der Waals surface area contributed by atoms with Crippen molar-refractivity contribution in [2.45, 2.75) is 19.9 Å². The summed E-state index contributed by atoms with van der Waals surface area (Å²) in [6.45, 7) is 4.65. The molecule has 2 heterocycles. The minimum atomic E-state index is -0.447. The smallest absolute Gasteiger partial charge is 0.341 e. The summed E-state index contributed by atoms with van der Waals surface area (Å²) in [4.78, 5) is 28.0. The summed E-state index contributed by atoms with van der Waals surface area (Å²) < 4.78 is 17.9. The molecule has 25 heavy (non-hydrogen) atoms. The summed E-state index contributed by atoms with van der Waals surface area (Å²) in [5, 5.41) is 3.28. The molecule has 0 saturated carbocycles. The highest BCUT2D eigenvalue weighted by Crippen LogP contribution is 2.37. The van der Waals surface area contributed by atoms with E-state index >= 15 is 0 Å². The van der Waals surface area contributed by atoms with Crippen LogP contribution in [0.15, 0.2) is 24.3 Å². The Morgan fingerprint density at radius 2 is 2.04 bits per heavy atom. The molecule has 0 spiro atoms. The van der Waals surface area contributed by atoms with Gasteiger partial charge in [0.2, 0.25) is 0 Å². The fourth-order valence-electron chi connectivity index (χ4n) is 2.91. The highest BCUT2D eigenvalue weighted by molar-refractivity contribution is 7.17. The van der Waals surface area contributed by atoms with Crippen molar-refractivity contribution < 1.29 is 18.7 Å². The lowest BCUT2D eigenvalue weighted by atomic mass is 10.0. The fourth-order valence-corrected chi connectivity index (χ4v) is 4.18. The normalized spacial score (nSPS) is 14.0. The van der Waals surface area contributed by atoms with Crippen molar-refractivity contribution in [2.24, 2.45) is 0 Å². The number of nitrogens with zero attached hydrogens (tertiary/aromatic N) is 1. The van der Waals surface area contributed by atoms with Crippen LogP contribution in [-0.2, 0) is 17.7 Å². The van der Waals surface area contributed by atoms with Crippen molar-refractivity contribution in [1.82, 2.24) is 4.90 Å². The molecular weight excluding hydrogens is 343 g/mol. The van der Waals surface area contributed by atoms with Gasteiger partial charge >= 0.3 is 5.97 Å². The summed E-state index contributed by atoms with van der Waals surface area (Å²) in [5.41, 5.74) is 1.73. The molecule has 2 aromatic rings. The molecule has 1 amide bonds. The maximum Gasteiger partial charge on any atom is 0.341 e. The van der Waals surface area contributed by atoms with Crippen LogP contribution in [0.2, 0.25) is 0 Å². The maximum absolute atomic E-state index is 13.0. The fraction of sp³-hybridized carbons (Fsp3) is 0.333. The lowest BCUT2D eigenvalue weighted by molar-refractivity contribution is 0.0600. The molecule has 0 atom stereocenters. The summed E-state index contributed by atoms with van der Waals surface area (Å²) in [5.74, 6) is -1.23. The van der Waals surface area contributed by atoms with E-state index < -0.39 is 11.8 Å². The molecule has 0 saturated heterocycles. The Labute approximate surface area is 149 Å². The maximum atomic E-state index is 13.0. The number of nitrogens with one attached hydrogen (secondary N) is 1. The third-order valence-electron chi connectivity index (χ3n) is 4.31. The van der Waals surface area contributed by atoms with Gasteiger partial charge in [-0.3, -0.25) is 9.69 Å². The van der Waals surface area contributed by atoms with E-state index in [1.807, 2.05) is 0 Å². The van der Waals surface area contributed by atoms with E-state index in [1.165, 1.54) is 42.7 Å². The lowest BCUT2D eigenvalue weighted by Gasteiger charge is -2.25. The number of benzene rings is 1. The molecule has 1 aromatic carbocycles. The predicted octanol–water partition coefficient (Wildman–Crippen LogP) is 3.30. The average molecular weight is 362 g/mol. The Balaban J connectivity index is 1.92. The molecule has 1 N–H and O–H groups in total. The first-order valence-electron chi connectivity index (χ1n) is 8.05. The van der Waals surface area contributed by atoms with E-state index in [9.17, 15) is 14.0 Å².